The molecule has 0 unspecified atom stereocenters. The summed E-state index contributed by atoms with van der Waals surface area (Å²) in [5.74, 6) is -0.813. The van der Waals surface area contributed by atoms with E-state index in [0.29, 0.717) is 5.16 Å². The summed E-state index contributed by atoms with van der Waals surface area (Å²) in [7, 11) is 0. The van der Waals surface area contributed by atoms with Gasteiger partial charge in [0.1, 0.15) is 0 Å². The molecule has 0 aliphatic rings. The minimum absolute atomic E-state index is 0.107. The van der Waals surface area contributed by atoms with Gasteiger partial charge in [-0.25, -0.2) is 0 Å². The van der Waals surface area contributed by atoms with Crippen LogP contribution in [0.15, 0.2) is 41.8 Å². The van der Waals surface area contributed by atoms with Crippen molar-refractivity contribution in [1.29, 1.82) is 0 Å². The van der Waals surface area contributed by atoms with Crippen LogP contribution in [0.4, 0.5) is 5.95 Å². The number of carboxylic acids is 1. The monoisotopic (exact) mass is 301 g/mol. The summed E-state index contributed by atoms with van der Waals surface area (Å²) in [6.07, 6.45) is 3.44. The third kappa shape index (κ3) is 2.52. The lowest BCUT2D eigenvalue weighted by molar-refractivity contribution is -0.133. The summed E-state index contributed by atoms with van der Waals surface area (Å²) in [6, 6.07) is 7.57. The molecular formula is C13H11N5O2S. The van der Waals surface area contributed by atoms with E-state index in [4.69, 9.17) is 10.8 Å². The molecule has 7 nitrogen and oxygen atoms in total. The van der Waals surface area contributed by atoms with Crippen LogP contribution in [0.2, 0.25) is 0 Å². The zero-order valence-electron chi connectivity index (χ0n) is 10.8. The van der Waals surface area contributed by atoms with Crippen LogP contribution in [0.1, 0.15) is 0 Å². The van der Waals surface area contributed by atoms with Gasteiger partial charge >= 0.3 is 5.97 Å². The number of thioether (sulfide) groups is 1. The zero-order valence-corrected chi connectivity index (χ0v) is 11.6. The molecule has 106 valence electrons. The minimum atomic E-state index is -0.921. The number of hydrogen-bond acceptors (Lipinski definition) is 6. The van der Waals surface area contributed by atoms with E-state index in [1.54, 1.807) is 17.0 Å². The van der Waals surface area contributed by atoms with E-state index in [2.05, 4.69) is 15.2 Å². The first-order valence-electron chi connectivity index (χ1n) is 6.05. The molecule has 1 aromatic carbocycles. The summed E-state index contributed by atoms with van der Waals surface area (Å²) < 4.78 is 1.65. The van der Waals surface area contributed by atoms with E-state index < -0.39 is 5.97 Å². The highest BCUT2D eigenvalue weighted by molar-refractivity contribution is 7.99. The molecule has 0 atom stereocenters. The van der Waals surface area contributed by atoms with Crippen LogP contribution in [0.25, 0.3) is 16.5 Å². The fourth-order valence-electron chi connectivity index (χ4n) is 2.03. The number of fused-ring (bicyclic) bond motifs is 1. The maximum absolute atomic E-state index is 10.7. The quantitative estimate of drug-likeness (QED) is 0.704. The van der Waals surface area contributed by atoms with Crippen molar-refractivity contribution in [3.8, 4) is 5.69 Å². The Bertz CT molecular complexity index is 812. The third-order valence-corrected chi connectivity index (χ3v) is 3.80. The molecule has 0 bridgehead atoms. The van der Waals surface area contributed by atoms with E-state index >= 15 is 0 Å². The minimum Gasteiger partial charge on any atom is -0.481 e. The normalized spacial score (nSPS) is 10.9. The molecule has 3 N–H and O–H groups in total. The van der Waals surface area contributed by atoms with Gasteiger partial charge in [-0.05, 0) is 12.1 Å². The van der Waals surface area contributed by atoms with Gasteiger partial charge in [-0.15, -0.1) is 10.2 Å². The molecule has 3 aromatic rings. The number of nitrogen functional groups attached to an aromatic ring is 1. The molecule has 21 heavy (non-hydrogen) atoms. The lowest BCUT2D eigenvalue weighted by Gasteiger charge is -2.10. The fraction of sp³-hybridized carbons (Fsp3) is 0.0769. The Morgan fingerprint density at radius 1 is 1.33 bits per heavy atom. The third-order valence-electron chi connectivity index (χ3n) is 2.88. The van der Waals surface area contributed by atoms with Crippen molar-refractivity contribution < 1.29 is 9.90 Å². The number of carboxylic acid groups (broad SMARTS) is 1. The summed E-state index contributed by atoms with van der Waals surface area (Å²) in [4.78, 5) is 14.8. The highest BCUT2D eigenvalue weighted by Gasteiger charge is 2.15. The van der Waals surface area contributed by atoms with Gasteiger partial charge in [-0.1, -0.05) is 23.9 Å². The van der Waals surface area contributed by atoms with Gasteiger partial charge < -0.3 is 10.8 Å². The summed E-state index contributed by atoms with van der Waals surface area (Å²) >= 11 is 1.07. The van der Waals surface area contributed by atoms with E-state index in [9.17, 15) is 4.79 Å². The van der Waals surface area contributed by atoms with Crippen molar-refractivity contribution in [2.75, 3.05) is 11.5 Å². The van der Waals surface area contributed by atoms with E-state index in [1.807, 2.05) is 24.3 Å². The SMILES string of the molecule is Nc1nnc(SCC(=O)O)n1-c1cccc2cnccc12. The van der Waals surface area contributed by atoms with E-state index in [1.165, 1.54) is 0 Å². The predicted molar refractivity (Wildman–Crippen MR) is 79.4 cm³/mol. The van der Waals surface area contributed by atoms with Gasteiger partial charge in [-0.2, -0.15) is 0 Å². The second-order valence-electron chi connectivity index (χ2n) is 4.23. The van der Waals surface area contributed by atoms with Gasteiger partial charge in [-0.3, -0.25) is 14.3 Å². The molecule has 0 amide bonds. The maximum Gasteiger partial charge on any atom is 0.313 e. The molecule has 0 saturated carbocycles. The Morgan fingerprint density at radius 3 is 3.00 bits per heavy atom. The van der Waals surface area contributed by atoms with Crippen LogP contribution >= 0.6 is 11.8 Å². The highest BCUT2D eigenvalue weighted by Crippen LogP contribution is 2.28. The number of benzene rings is 1. The van der Waals surface area contributed by atoms with E-state index in [0.717, 1.165) is 28.2 Å². The largest absolute Gasteiger partial charge is 0.481 e. The number of nitrogens with two attached hydrogens (primary N) is 1. The molecule has 8 heteroatoms. The Balaban J connectivity index is 2.14. The van der Waals surface area contributed by atoms with Crippen LogP contribution in [-0.4, -0.2) is 36.6 Å². The Labute approximate surface area is 123 Å². The van der Waals surface area contributed by atoms with Crippen LogP contribution in [0, 0.1) is 0 Å². The number of anilines is 1. The van der Waals surface area contributed by atoms with Gasteiger partial charge in [0.2, 0.25) is 5.95 Å². The standard InChI is InChI=1S/C13H11N5O2S/c14-12-16-17-13(21-7-11(19)20)18(12)10-3-1-2-8-6-15-5-4-9(8)10/h1-6H,7H2,(H2,14,16)(H,19,20). The zero-order chi connectivity index (χ0) is 14.8. The highest BCUT2D eigenvalue weighted by atomic mass is 32.2. The van der Waals surface area contributed by atoms with Crippen molar-refractivity contribution >= 4 is 34.5 Å². The summed E-state index contributed by atoms with van der Waals surface area (Å²) in [5.41, 5.74) is 6.68. The average molecular weight is 301 g/mol. The Kier molecular flexibility index (Phi) is 3.44. The Morgan fingerprint density at radius 2 is 2.19 bits per heavy atom. The first-order chi connectivity index (χ1) is 10.2. The topological polar surface area (TPSA) is 107 Å². The molecule has 2 aromatic heterocycles. The van der Waals surface area contributed by atoms with Crippen LogP contribution in [-0.2, 0) is 4.79 Å². The van der Waals surface area contributed by atoms with Crippen LogP contribution in [0.3, 0.4) is 0 Å². The molecule has 0 spiro atoms. The second kappa shape index (κ2) is 5.41. The number of nitrogens with zero attached hydrogens (tertiary/aromatic N) is 4. The van der Waals surface area contributed by atoms with Crippen LogP contribution < -0.4 is 5.73 Å². The number of aromatic nitrogens is 4. The van der Waals surface area contributed by atoms with Gasteiger partial charge in [0, 0.05) is 23.2 Å². The lowest BCUT2D eigenvalue weighted by atomic mass is 10.1. The molecule has 0 radical (unpaired) electrons. The van der Waals surface area contributed by atoms with Crippen molar-refractivity contribution in [1.82, 2.24) is 19.7 Å². The second-order valence-corrected chi connectivity index (χ2v) is 5.18. The van der Waals surface area contributed by atoms with E-state index in [-0.39, 0.29) is 11.7 Å². The van der Waals surface area contributed by atoms with Gasteiger partial charge in [0.15, 0.2) is 5.16 Å². The average Bonchev–Trinajstić information content (AvgIpc) is 2.85. The number of rotatable bonds is 4. The molecule has 3 rings (SSSR count). The van der Waals surface area contributed by atoms with Crippen LogP contribution in [0.5, 0.6) is 0 Å². The lowest BCUT2D eigenvalue weighted by Crippen LogP contribution is -2.05. The van der Waals surface area contributed by atoms with Crippen molar-refractivity contribution in [3.05, 3.63) is 36.7 Å². The molecule has 0 aliphatic heterocycles. The fourth-order valence-corrected chi connectivity index (χ4v) is 2.70. The molecule has 0 aliphatic carbocycles. The first-order valence-corrected chi connectivity index (χ1v) is 7.04. The van der Waals surface area contributed by atoms with Crippen molar-refractivity contribution in [2.45, 2.75) is 5.16 Å². The smallest absolute Gasteiger partial charge is 0.313 e. The molecule has 2 heterocycles. The maximum atomic E-state index is 10.7. The molecule has 0 saturated heterocycles. The first kappa shape index (κ1) is 13.4. The van der Waals surface area contributed by atoms with Gasteiger partial charge in [0.25, 0.3) is 0 Å². The number of pyridine rings is 1. The predicted octanol–water partition coefficient (Wildman–Crippen LogP) is 1.57. The number of hydrogen-bond donors (Lipinski definition) is 2. The summed E-state index contributed by atoms with van der Waals surface area (Å²) in [5, 5.41) is 18.9. The number of aliphatic carboxylic acids is 1. The Hall–Kier alpha value is -2.61. The molecular weight excluding hydrogens is 290 g/mol. The van der Waals surface area contributed by atoms with Gasteiger partial charge in [0.05, 0.1) is 11.4 Å². The molecule has 0 fully saturated rings. The van der Waals surface area contributed by atoms with Crippen molar-refractivity contribution in [2.24, 2.45) is 0 Å². The number of carbonyl (C=O) groups is 1. The van der Waals surface area contributed by atoms with Crippen molar-refractivity contribution in [3.63, 3.8) is 0 Å². The summed E-state index contributed by atoms with van der Waals surface area (Å²) in [6.45, 7) is 0.